The number of ketones is 1. The zero-order chi connectivity index (χ0) is 23.1. The Hall–Kier alpha value is -3.44. The van der Waals surface area contributed by atoms with Crippen molar-refractivity contribution < 1.29 is 9.18 Å². The largest absolute Gasteiger partial charge is 0.383 e. The number of nitrogens with two attached hydrogens (primary N) is 1. The molecule has 5 aliphatic heterocycles. The second kappa shape index (κ2) is 7.03. The third-order valence-electron chi connectivity index (χ3n) is 7.84. The number of allylic oxidation sites excluding steroid dienone is 3. The monoisotopic (exact) mass is 471 g/mol. The molecule has 0 spiro atoms. The van der Waals surface area contributed by atoms with Crippen LogP contribution in [0.3, 0.4) is 0 Å². The number of nitrogens with zero attached hydrogens (tertiary/aromatic N) is 4. The Morgan fingerprint density at radius 3 is 2.65 bits per heavy atom. The summed E-state index contributed by atoms with van der Waals surface area (Å²) in [5.41, 5.74) is 11.6. The van der Waals surface area contributed by atoms with Crippen molar-refractivity contribution in [2.75, 3.05) is 22.9 Å². The average Bonchev–Trinajstić information content (AvgIpc) is 3.28. The molecular formula is C26H22FN5OS. The van der Waals surface area contributed by atoms with Crippen LogP contribution in [0.2, 0.25) is 0 Å². The summed E-state index contributed by atoms with van der Waals surface area (Å²) in [7, 11) is 0. The van der Waals surface area contributed by atoms with Crippen LogP contribution < -0.4 is 15.5 Å². The van der Waals surface area contributed by atoms with Gasteiger partial charge in [0, 0.05) is 36.3 Å². The highest BCUT2D eigenvalue weighted by molar-refractivity contribution is 7.21. The number of Topliss-reactive ketones (excluding diaryl/α,β-unsaturated/α-hetero) is 1. The van der Waals surface area contributed by atoms with E-state index in [0.29, 0.717) is 35.1 Å². The van der Waals surface area contributed by atoms with E-state index in [2.05, 4.69) is 15.9 Å². The van der Waals surface area contributed by atoms with Crippen LogP contribution in [0, 0.1) is 17.1 Å². The molecule has 0 saturated carbocycles. The molecule has 6 aliphatic rings. The normalized spacial score (nSPS) is 23.4. The number of fused-ring (bicyclic) bond motifs is 6. The molecule has 1 saturated heterocycles. The third kappa shape index (κ3) is 2.53. The van der Waals surface area contributed by atoms with Crippen LogP contribution in [-0.2, 0) is 4.79 Å². The van der Waals surface area contributed by atoms with Gasteiger partial charge in [-0.15, -0.1) is 0 Å². The van der Waals surface area contributed by atoms with Gasteiger partial charge in [-0.3, -0.25) is 9.69 Å². The fourth-order valence-electron chi connectivity index (χ4n) is 6.34. The van der Waals surface area contributed by atoms with Crippen molar-refractivity contribution in [3.63, 3.8) is 0 Å². The number of carbonyl (C=O) groups is 1. The Morgan fingerprint density at radius 2 is 1.91 bits per heavy atom. The number of amidine groups is 1. The maximum Gasteiger partial charge on any atom is 0.161 e. The minimum atomic E-state index is -0.563. The molecule has 1 fully saturated rings. The zero-order valence-electron chi connectivity index (χ0n) is 18.5. The van der Waals surface area contributed by atoms with Gasteiger partial charge in [0.25, 0.3) is 0 Å². The molecule has 0 unspecified atom stereocenters. The number of anilines is 2. The number of rotatable bonds is 1. The SMILES string of the molecule is N#CC1=C2N=C(N)c3c(sc4c3C3CCN4CC3)N2C2=C(C(=O)CCC2)[C@H]1c1ccc(F)cc1. The Bertz CT molecular complexity index is 1400. The van der Waals surface area contributed by atoms with Gasteiger partial charge in [-0.2, -0.15) is 5.26 Å². The number of aliphatic imine (C=N–C) groups is 1. The number of hydrogen-bond acceptors (Lipinski definition) is 7. The predicted octanol–water partition coefficient (Wildman–Crippen LogP) is 4.65. The van der Waals surface area contributed by atoms with E-state index in [0.717, 1.165) is 60.6 Å². The van der Waals surface area contributed by atoms with E-state index in [9.17, 15) is 14.4 Å². The summed E-state index contributed by atoms with van der Waals surface area (Å²) >= 11 is 1.71. The quantitative estimate of drug-likeness (QED) is 0.654. The summed E-state index contributed by atoms with van der Waals surface area (Å²) in [6, 6.07) is 8.43. The average molecular weight is 472 g/mol. The first-order valence-electron chi connectivity index (χ1n) is 11.8. The van der Waals surface area contributed by atoms with Crippen molar-refractivity contribution in [1.82, 2.24) is 0 Å². The van der Waals surface area contributed by atoms with E-state index in [4.69, 9.17) is 10.7 Å². The van der Waals surface area contributed by atoms with Crippen LogP contribution in [0.25, 0.3) is 0 Å². The van der Waals surface area contributed by atoms with E-state index in [1.165, 1.54) is 22.7 Å². The first-order chi connectivity index (χ1) is 16.6. The number of carbonyl (C=O) groups excluding carboxylic acids is 1. The van der Waals surface area contributed by atoms with Gasteiger partial charge in [0.05, 0.1) is 28.1 Å². The zero-order valence-corrected chi connectivity index (χ0v) is 19.3. The summed E-state index contributed by atoms with van der Waals surface area (Å²) < 4.78 is 13.7. The van der Waals surface area contributed by atoms with Crippen molar-refractivity contribution in [3.05, 3.63) is 69.4 Å². The molecule has 0 radical (unpaired) electrons. The van der Waals surface area contributed by atoms with Crippen molar-refractivity contribution >= 4 is 33.0 Å². The molecule has 0 amide bonds. The van der Waals surface area contributed by atoms with Crippen LogP contribution in [0.15, 0.2) is 51.9 Å². The van der Waals surface area contributed by atoms with Crippen molar-refractivity contribution in [3.8, 4) is 6.07 Å². The lowest BCUT2D eigenvalue weighted by Gasteiger charge is -2.41. The molecule has 1 aromatic carbocycles. The van der Waals surface area contributed by atoms with Crippen molar-refractivity contribution in [2.24, 2.45) is 10.7 Å². The van der Waals surface area contributed by atoms with Crippen LogP contribution in [-0.4, -0.2) is 24.7 Å². The Labute approximate surface area is 200 Å². The van der Waals surface area contributed by atoms with Crippen molar-refractivity contribution in [1.29, 1.82) is 5.26 Å². The maximum absolute atomic E-state index is 13.7. The van der Waals surface area contributed by atoms with E-state index in [1.54, 1.807) is 23.5 Å². The summed E-state index contributed by atoms with van der Waals surface area (Å²) in [4.78, 5) is 22.7. The predicted molar refractivity (Wildman–Crippen MR) is 129 cm³/mol. The minimum absolute atomic E-state index is 0.0524. The van der Waals surface area contributed by atoms with Crippen LogP contribution in [0.1, 0.15) is 60.6 Å². The van der Waals surface area contributed by atoms with Gasteiger partial charge in [-0.25, -0.2) is 9.38 Å². The second-order valence-corrected chi connectivity index (χ2v) is 10.5. The molecule has 1 aliphatic carbocycles. The maximum atomic E-state index is 13.7. The van der Waals surface area contributed by atoms with Gasteiger partial charge < -0.3 is 10.6 Å². The standard InChI is InChI=1S/C26H22FN5OS/c27-15-6-4-13(5-7-15)19-16(12-28)24-30-23(29)22-20-14-8-10-31(11-9-14)25(20)34-26(22)32(24)17-2-1-3-18(33)21(17)19/h4-7,14,19H,1-3,8-11H2,(H2,29,30)/t19-/m0/s1. The Balaban J connectivity index is 1.51. The molecular weight excluding hydrogens is 449 g/mol. The van der Waals surface area contributed by atoms with Gasteiger partial charge in [-0.1, -0.05) is 23.5 Å². The van der Waals surface area contributed by atoms with Gasteiger partial charge >= 0.3 is 0 Å². The Kier molecular flexibility index (Phi) is 4.13. The molecule has 8 rings (SSSR count). The minimum Gasteiger partial charge on any atom is -0.383 e. The lowest BCUT2D eigenvalue weighted by Crippen LogP contribution is -2.40. The molecule has 2 N–H and O–H groups in total. The molecule has 2 aromatic rings. The van der Waals surface area contributed by atoms with Gasteiger partial charge in [-0.05, 0) is 49.3 Å². The van der Waals surface area contributed by atoms with Crippen LogP contribution in [0.5, 0.6) is 0 Å². The summed E-state index contributed by atoms with van der Waals surface area (Å²) in [6.45, 7) is 2.11. The highest BCUT2D eigenvalue weighted by Crippen LogP contribution is 2.57. The summed E-state index contributed by atoms with van der Waals surface area (Å²) in [5, 5.41) is 12.6. The van der Waals surface area contributed by atoms with Crippen LogP contribution >= 0.6 is 11.3 Å². The number of nitriles is 1. The lowest BCUT2D eigenvalue weighted by molar-refractivity contribution is -0.116. The molecule has 170 valence electrons. The molecule has 34 heavy (non-hydrogen) atoms. The highest BCUT2D eigenvalue weighted by atomic mass is 32.1. The molecule has 1 aromatic heterocycles. The fraction of sp³-hybridized carbons (Fsp3) is 0.346. The summed E-state index contributed by atoms with van der Waals surface area (Å²) in [5.74, 6) is 0.576. The molecule has 8 heteroatoms. The van der Waals surface area contributed by atoms with E-state index in [-0.39, 0.29) is 11.6 Å². The fourth-order valence-corrected chi connectivity index (χ4v) is 7.82. The van der Waals surface area contributed by atoms with Gasteiger partial charge in [0.2, 0.25) is 0 Å². The van der Waals surface area contributed by atoms with E-state index >= 15 is 0 Å². The number of hydrogen-bond donors (Lipinski definition) is 1. The topological polar surface area (TPSA) is 85.7 Å². The first-order valence-corrected chi connectivity index (χ1v) is 12.6. The molecule has 2 bridgehead atoms. The Morgan fingerprint density at radius 1 is 1.15 bits per heavy atom. The van der Waals surface area contributed by atoms with Gasteiger partial charge in [0.15, 0.2) is 11.6 Å². The number of benzene rings is 1. The smallest absolute Gasteiger partial charge is 0.161 e. The number of halogens is 1. The van der Waals surface area contributed by atoms with E-state index < -0.39 is 5.92 Å². The third-order valence-corrected chi connectivity index (χ3v) is 9.09. The van der Waals surface area contributed by atoms with Crippen LogP contribution in [0.4, 0.5) is 14.4 Å². The highest BCUT2D eigenvalue weighted by Gasteiger charge is 2.46. The molecule has 1 atom stereocenters. The number of piperidine rings is 1. The second-order valence-electron chi connectivity index (χ2n) is 9.57. The molecule has 6 nitrogen and oxygen atoms in total. The first kappa shape index (κ1) is 20.0. The summed E-state index contributed by atoms with van der Waals surface area (Å²) in [6.07, 6.45) is 4.18. The number of thiophene rings is 1. The van der Waals surface area contributed by atoms with E-state index in [1.807, 2.05) is 0 Å². The lowest BCUT2D eigenvalue weighted by atomic mass is 9.75. The van der Waals surface area contributed by atoms with Gasteiger partial charge in [0.1, 0.15) is 16.7 Å². The molecule has 6 heterocycles. The van der Waals surface area contributed by atoms with Crippen molar-refractivity contribution in [2.45, 2.75) is 43.9 Å².